The van der Waals surface area contributed by atoms with E-state index in [1.165, 1.54) is 0 Å². The Morgan fingerprint density at radius 3 is 2.67 bits per heavy atom. The highest BCUT2D eigenvalue weighted by molar-refractivity contribution is 6.30. The molecule has 0 saturated carbocycles. The number of fused-ring (bicyclic) bond motifs is 1. The Kier molecular flexibility index (Phi) is 2.68. The van der Waals surface area contributed by atoms with Gasteiger partial charge in [0.1, 0.15) is 6.17 Å². The van der Waals surface area contributed by atoms with Crippen molar-refractivity contribution in [2.45, 2.75) is 6.17 Å². The zero-order chi connectivity index (χ0) is 12.5. The molecule has 90 valence electrons. The van der Waals surface area contributed by atoms with E-state index < -0.39 is 0 Å². The molecule has 1 heterocycles. The van der Waals surface area contributed by atoms with Crippen LogP contribution < -0.4 is 10.6 Å². The zero-order valence-electron chi connectivity index (χ0n) is 9.48. The molecule has 1 aliphatic rings. The van der Waals surface area contributed by atoms with E-state index in [1.807, 2.05) is 42.5 Å². The van der Waals surface area contributed by atoms with Crippen molar-refractivity contribution >= 4 is 23.2 Å². The summed E-state index contributed by atoms with van der Waals surface area (Å²) in [6, 6.07) is 14.9. The van der Waals surface area contributed by atoms with Crippen LogP contribution in [0.1, 0.15) is 22.1 Å². The topological polar surface area (TPSA) is 41.1 Å². The fourth-order valence-corrected chi connectivity index (χ4v) is 2.26. The molecule has 0 aromatic heterocycles. The number of carbonyl (C=O) groups excluding carboxylic acids is 1. The van der Waals surface area contributed by atoms with Gasteiger partial charge in [0.15, 0.2) is 0 Å². The summed E-state index contributed by atoms with van der Waals surface area (Å²) in [5.74, 6) is -0.0747. The molecular formula is C14H11ClN2O. The number of amides is 1. The summed E-state index contributed by atoms with van der Waals surface area (Å²) in [4.78, 5) is 12.0. The second-order valence-corrected chi connectivity index (χ2v) is 4.59. The molecule has 1 aliphatic heterocycles. The fraction of sp³-hybridized carbons (Fsp3) is 0.0714. The Hall–Kier alpha value is -2.00. The maximum Gasteiger partial charge on any atom is 0.255 e. The molecule has 2 aromatic rings. The van der Waals surface area contributed by atoms with Crippen molar-refractivity contribution in [3.05, 3.63) is 64.7 Å². The standard InChI is InChI=1S/C14H11ClN2O/c15-10-5-3-4-9(8-10)13-16-12-7-2-1-6-11(12)14(18)17-13/h1-8,13,16H,(H,17,18)/t13-/m1/s1. The lowest BCUT2D eigenvalue weighted by Gasteiger charge is -2.28. The summed E-state index contributed by atoms with van der Waals surface area (Å²) in [6.45, 7) is 0. The summed E-state index contributed by atoms with van der Waals surface area (Å²) in [5, 5.41) is 6.84. The van der Waals surface area contributed by atoms with Crippen molar-refractivity contribution in [2.24, 2.45) is 0 Å². The van der Waals surface area contributed by atoms with Crippen LogP contribution in [0.5, 0.6) is 0 Å². The number of nitrogens with one attached hydrogen (secondary N) is 2. The van der Waals surface area contributed by atoms with E-state index in [-0.39, 0.29) is 12.1 Å². The first-order valence-electron chi connectivity index (χ1n) is 5.66. The zero-order valence-corrected chi connectivity index (χ0v) is 10.2. The molecule has 3 rings (SSSR count). The van der Waals surface area contributed by atoms with Gasteiger partial charge >= 0.3 is 0 Å². The number of para-hydroxylation sites is 1. The molecule has 0 fully saturated rings. The van der Waals surface area contributed by atoms with Gasteiger partial charge in [-0.1, -0.05) is 35.9 Å². The third-order valence-corrected chi connectivity index (χ3v) is 3.16. The van der Waals surface area contributed by atoms with E-state index in [1.54, 1.807) is 6.07 Å². The van der Waals surface area contributed by atoms with Gasteiger partial charge in [0.2, 0.25) is 0 Å². The molecule has 4 heteroatoms. The summed E-state index contributed by atoms with van der Waals surface area (Å²) >= 11 is 5.96. The summed E-state index contributed by atoms with van der Waals surface area (Å²) in [5.41, 5.74) is 2.44. The number of hydrogen-bond donors (Lipinski definition) is 2. The van der Waals surface area contributed by atoms with Crippen LogP contribution in [-0.2, 0) is 0 Å². The molecule has 0 radical (unpaired) electrons. The van der Waals surface area contributed by atoms with Crippen LogP contribution in [0.15, 0.2) is 48.5 Å². The molecule has 0 bridgehead atoms. The van der Waals surface area contributed by atoms with Gasteiger partial charge in [0, 0.05) is 10.7 Å². The first kappa shape index (κ1) is 11.1. The van der Waals surface area contributed by atoms with Crippen molar-refractivity contribution in [1.82, 2.24) is 5.32 Å². The fourth-order valence-electron chi connectivity index (χ4n) is 2.06. The predicted octanol–water partition coefficient (Wildman–Crippen LogP) is 3.19. The van der Waals surface area contributed by atoms with Crippen LogP contribution in [0, 0.1) is 0 Å². The minimum absolute atomic E-state index is 0.0747. The SMILES string of the molecule is O=C1N[C@H](c2cccc(Cl)c2)Nc2ccccc21. The lowest BCUT2D eigenvalue weighted by Crippen LogP contribution is -2.38. The number of halogens is 1. The van der Waals surface area contributed by atoms with Crippen molar-refractivity contribution in [2.75, 3.05) is 5.32 Å². The maximum absolute atomic E-state index is 12.0. The van der Waals surface area contributed by atoms with Crippen LogP contribution in [0.4, 0.5) is 5.69 Å². The smallest absolute Gasteiger partial charge is 0.255 e. The minimum Gasteiger partial charge on any atom is -0.361 e. The molecule has 1 amide bonds. The van der Waals surface area contributed by atoms with Gasteiger partial charge in [-0.3, -0.25) is 4.79 Å². The first-order valence-corrected chi connectivity index (χ1v) is 6.04. The second kappa shape index (κ2) is 4.35. The van der Waals surface area contributed by atoms with Crippen molar-refractivity contribution < 1.29 is 4.79 Å². The van der Waals surface area contributed by atoms with Crippen molar-refractivity contribution in [1.29, 1.82) is 0 Å². The first-order chi connectivity index (χ1) is 8.74. The molecule has 0 unspecified atom stereocenters. The third kappa shape index (κ3) is 1.93. The molecule has 2 N–H and O–H groups in total. The number of carbonyl (C=O) groups is 1. The number of anilines is 1. The molecule has 3 nitrogen and oxygen atoms in total. The lowest BCUT2D eigenvalue weighted by atomic mass is 10.1. The highest BCUT2D eigenvalue weighted by atomic mass is 35.5. The Balaban J connectivity index is 1.97. The summed E-state index contributed by atoms with van der Waals surface area (Å²) < 4.78 is 0. The van der Waals surface area contributed by atoms with E-state index in [4.69, 9.17) is 11.6 Å². The molecule has 0 spiro atoms. The van der Waals surface area contributed by atoms with Gasteiger partial charge in [0.05, 0.1) is 5.56 Å². The van der Waals surface area contributed by atoms with Crippen LogP contribution in [-0.4, -0.2) is 5.91 Å². The van der Waals surface area contributed by atoms with Crippen LogP contribution in [0.2, 0.25) is 5.02 Å². The van der Waals surface area contributed by atoms with E-state index in [9.17, 15) is 4.79 Å². The Bertz CT molecular complexity index is 612. The van der Waals surface area contributed by atoms with Crippen molar-refractivity contribution in [3.63, 3.8) is 0 Å². The van der Waals surface area contributed by atoms with Gasteiger partial charge < -0.3 is 10.6 Å². The molecule has 2 aromatic carbocycles. The molecule has 18 heavy (non-hydrogen) atoms. The number of hydrogen-bond acceptors (Lipinski definition) is 2. The normalized spacial score (nSPS) is 17.6. The average Bonchev–Trinajstić information content (AvgIpc) is 2.39. The van der Waals surface area contributed by atoms with Crippen LogP contribution >= 0.6 is 11.6 Å². The van der Waals surface area contributed by atoms with E-state index in [0.717, 1.165) is 11.3 Å². The lowest BCUT2D eigenvalue weighted by molar-refractivity contribution is 0.0935. The number of rotatable bonds is 1. The van der Waals surface area contributed by atoms with Gasteiger partial charge in [-0.2, -0.15) is 0 Å². The van der Waals surface area contributed by atoms with E-state index in [2.05, 4.69) is 10.6 Å². The molecule has 0 aliphatic carbocycles. The quantitative estimate of drug-likeness (QED) is 0.825. The Morgan fingerprint density at radius 1 is 1.00 bits per heavy atom. The highest BCUT2D eigenvalue weighted by Gasteiger charge is 2.23. The van der Waals surface area contributed by atoms with Crippen molar-refractivity contribution in [3.8, 4) is 0 Å². The predicted molar refractivity (Wildman–Crippen MR) is 71.7 cm³/mol. The van der Waals surface area contributed by atoms with Gasteiger partial charge in [0.25, 0.3) is 5.91 Å². The number of benzene rings is 2. The maximum atomic E-state index is 12.0. The summed E-state index contributed by atoms with van der Waals surface area (Å²) in [6.07, 6.45) is -0.244. The monoisotopic (exact) mass is 258 g/mol. The highest BCUT2D eigenvalue weighted by Crippen LogP contribution is 2.27. The minimum atomic E-state index is -0.244. The molecule has 0 saturated heterocycles. The largest absolute Gasteiger partial charge is 0.361 e. The molecular weight excluding hydrogens is 248 g/mol. The average molecular weight is 259 g/mol. The Labute approximate surface area is 110 Å². The summed E-state index contributed by atoms with van der Waals surface area (Å²) in [7, 11) is 0. The van der Waals surface area contributed by atoms with E-state index in [0.29, 0.717) is 10.6 Å². The van der Waals surface area contributed by atoms with Gasteiger partial charge in [-0.05, 0) is 29.8 Å². The molecule has 1 atom stereocenters. The van der Waals surface area contributed by atoms with E-state index >= 15 is 0 Å². The van der Waals surface area contributed by atoms with Gasteiger partial charge in [-0.15, -0.1) is 0 Å². The Morgan fingerprint density at radius 2 is 1.83 bits per heavy atom. The van der Waals surface area contributed by atoms with Crippen LogP contribution in [0.25, 0.3) is 0 Å². The second-order valence-electron chi connectivity index (χ2n) is 4.15. The van der Waals surface area contributed by atoms with Gasteiger partial charge in [-0.25, -0.2) is 0 Å². The third-order valence-electron chi connectivity index (χ3n) is 2.93. The van der Waals surface area contributed by atoms with Crippen LogP contribution in [0.3, 0.4) is 0 Å².